The standard InChI is InChI=1S/C16H16N2O5/c19-15(20)14-8-13(4-6-18(14)16(21)22)23-12-2-1-11-9-17-5-3-10(11)7-12/h1-3,5,7,9,13-14H,4,6,8H2,(H,19,20)(H,21,22)/t13-,14-/m0/s1. The van der Waals surface area contributed by atoms with Crippen LogP contribution in [0.4, 0.5) is 4.79 Å². The Labute approximate surface area is 132 Å². The first-order valence-corrected chi connectivity index (χ1v) is 7.27. The van der Waals surface area contributed by atoms with Gasteiger partial charge in [0.2, 0.25) is 0 Å². The third kappa shape index (κ3) is 3.18. The summed E-state index contributed by atoms with van der Waals surface area (Å²) in [5, 5.41) is 20.3. The number of rotatable bonds is 3. The Kier molecular flexibility index (Phi) is 4.01. The van der Waals surface area contributed by atoms with Gasteiger partial charge in [-0.05, 0) is 29.7 Å². The van der Waals surface area contributed by atoms with Crippen molar-refractivity contribution in [2.75, 3.05) is 6.54 Å². The van der Waals surface area contributed by atoms with Crippen molar-refractivity contribution in [1.29, 1.82) is 0 Å². The molecule has 0 bridgehead atoms. The van der Waals surface area contributed by atoms with Gasteiger partial charge >= 0.3 is 12.1 Å². The topological polar surface area (TPSA) is 100.0 Å². The largest absolute Gasteiger partial charge is 0.490 e. The van der Waals surface area contributed by atoms with E-state index in [1.807, 2.05) is 24.3 Å². The van der Waals surface area contributed by atoms with Crippen molar-refractivity contribution in [2.45, 2.75) is 25.0 Å². The van der Waals surface area contributed by atoms with Crippen LogP contribution in [0.15, 0.2) is 36.7 Å². The van der Waals surface area contributed by atoms with Gasteiger partial charge in [-0.25, -0.2) is 9.59 Å². The Bertz CT molecular complexity index is 748. The molecule has 2 heterocycles. The molecule has 0 aliphatic carbocycles. The molecule has 7 heteroatoms. The highest BCUT2D eigenvalue weighted by Gasteiger charge is 2.37. The van der Waals surface area contributed by atoms with Crippen molar-refractivity contribution < 1.29 is 24.5 Å². The molecule has 7 nitrogen and oxygen atoms in total. The molecule has 2 aromatic rings. The minimum absolute atomic E-state index is 0.135. The first kappa shape index (κ1) is 15.1. The molecule has 0 spiro atoms. The molecule has 1 aliphatic heterocycles. The average molecular weight is 316 g/mol. The number of aromatic nitrogens is 1. The van der Waals surface area contributed by atoms with Crippen LogP contribution in [0.2, 0.25) is 0 Å². The second kappa shape index (κ2) is 6.12. The number of carboxylic acid groups (broad SMARTS) is 2. The zero-order valence-electron chi connectivity index (χ0n) is 12.3. The van der Waals surface area contributed by atoms with E-state index in [2.05, 4.69) is 4.98 Å². The molecule has 0 unspecified atom stereocenters. The number of ether oxygens (including phenoxy) is 1. The maximum Gasteiger partial charge on any atom is 0.408 e. The molecule has 1 aliphatic rings. The average Bonchev–Trinajstić information content (AvgIpc) is 2.54. The Hall–Kier alpha value is -2.83. The lowest BCUT2D eigenvalue weighted by Crippen LogP contribution is -2.51. The number of amides is 1. The van der Waals surface area contributed by atoms with Crippen molar-refractivity contribution in [3.8, 4) is 5.75 Å². The molecular weight excluding hydrogens is 300 g/mol. The van der Waals surface area contributed by atoms with Crippen LogP contribution < -0.4 is 4.74 Å². The predicted octanol–water partition coefficient (Wildman–Crippen LogP) is 2.21. The van der Waals surface area contributed by atoms with E-state index < -0.39 is 18.1 Å². The van der Waals surface area contributed by atoms with Crippen LogP contribution in [0.25, 0.3) is 10.8 Å². The third-order valence-electron chi connectivity index (χ3n) is 4.00. The third-order valence-corrected chi connectivity index (χ3v) is 4.00. The summed E-state index contributed by atoms with van der Waals surface area (Å²) in [4.78, 5) is 27.4. The quantitative estimate of drug-likeness (QED) is 0.900. The number of hydrogen-bond donors (Lipinski definition) is 2. The number of hydrogen-bond acceptors (Lipinski definition) is 4. The van der Waals surface area contributed by atoms with Crippen LogP contribution >= 0.6 is 0 Å². The summed E-state index contributed by atoms with van der Waals surface area (Å²) in [6, 6.07) is 6.36. The molecule has 0 saturated carbocycles. The molecule has 1 amide bonds. The van der Waals surface area contributed by atoms with Gasteiger partial charge in [-0.2, -0.15) is 0 Å². The SMILES string of the molecule is O=C(O)[C@@H]1C[C@@H](Oc2ccc3cnccc3c2)CCN1C(=O)O. The van der Waals surface area contributed by atoms with Crippen molar-refractivity contribution in [1.82, 2.24) is 9.88 Å². The van der Waals surface area contributed by atoms with E-state index in [1.54, 1.807) is 12.4 Å². The highest BCUT2D eigenvalue weighted by atomic mass is 16.5. The van der Waals surface area contributed by atoms with E-state index in [-0.39, 0.29) is 19.1 Å². The molecule has 1 aromatic carbocycles. The van der Waals surface area contributed by atoms with Gasteiger partial charge in [0.25, 0.3) is 0 Å². The van der Waals surface area contributed by atoms with Crippen molar-refractivity contribution in [3.63, 3.8) is 0 Å². The molecule has 1 saturated heterocycles. The second-order valence-electron chi connectivity index (χ2n) is 5.48. The van der Waals surface area contributed by atoms with E-state index in [1.165, 1.54) is 0 Å². The Morgan fingerprint density at radius 1 is 1.22 bits per heavy atom. The number of pyridine rings is 1. The minimum atomic E-state index is -1.21. The number of nitrogens with zero attached hydrogens (tertiary/aromatic N) is 2. The molecular formula is C16H16N2O5. The van der Waals surface area contributed by atoms with E-state index >= 15 is 0 Å². The minimum Gasteiger partial charge on any atom is -0.490 e. The fourth-order valence-electron chi connectivity index (χ4n) is 2.83. The van der Waals surface area contributed by atoms with Crippen LogP contribution in [-0.2, 0) is 4.79 Å². The lowest BCUT2D eigenvalue weighted by molar-refractivity contribution is -0.145. The smallest absolute Gasteiger partial charge is 0.408 e. The first-order valence-electron chi connectivity index (χ1n) is 7.27. The lowest BCUT2D eigenvalue weighted by atomic mass is 9.99. The summed E-state index contributed by atoms with van der Waals surface area (Å²) in [7, 11) is 0. The van der Waals surface area contributed by atoms with Crippen LogP contribution in [0.3, 0.4) is 0 Å². The molecule has 23 heavy (non-hydrogen) atoms. The van der Waals surface area contributed by atoms with Gasteiger partial charge < -0.3 is 14.9 Å². The summed E-state index contributed by atoms with van der Waals surface area (Å²) >= 11 is 0. The number of carbonyl (C=O) groups is 2. The Morgan fingerprint density at radius 3 is 2.78 bits per heavy atom. The number of likely N-dealkylation sites (tertiary alicyclic amines) is 1. The van der Waals surface area contributed by atoms with Crippen molar-refractivity contribution in [3.05, 3.63) is 36.7 Å². The monoisotopic (exact) mass is 316 g/mol. The van der Waals surface area contributed by atoms with Crippen LogP contribution in [0.5, 0.6) is 5.75 Å². The maximum absolute atomic E-state index is 11.3. The molecule has 2 N–H and O–H groups in total. The van der Waals surface area contributed by atoms with Gasteiger partial charge in [0, 0.05) is 37.2 Å². The maximum atomic E-state index is 11.3. The molecule has 1 aromatic heterocycles. The highest BCUT2D eigenvalue weighted by molar-refractivity contribution is 5.82. The van der Waals surface area contributed by atoms with Gasteiger partial charge in [0.15, 0.2) is 0 Å². The summed E-state index contributed by atoms with van der Waals surface area (Å²) in [5.41, 5.74) is 0. The summed E-state index contributed by atoms with van der Waals surface area (Å²) in [6.45, 7) is 0.147. The molecule has 3 rings (SSSR count). The summed E-state index contributed by atoms with van der Waals surface area (Å²) < 4.78 is 5.87. The van der Waals surface area contributed by atoms with Crippen LogP contribution in [-0.4, -0.2) is 50.9 Å². The van der Waals surface area contributed by atoms with Crippen LogP contribution in [0, 0.1) is 0 Å². The lowest BCUT2D eigenvalue weighted by Gasteiger charge is -2.35. The van der Waals surface area contributed by atoms with Crippen LogP contribution in [0.1, 0.15) is 12.8 Å². The van der Waals surface area contributed by atoms with E-state index in [0.29, 0.717) is 12.2 Å². The summed E-state index contributed by atoms with van der Waals surface area (Å²) in [5.74, 6) is -0.508. The van der Waals surface area contributed by atoms with Gasteiger partial charge in [-0.1, -0.05) is 0 Å². The predicted molar refractivity (Wildman–Crippen MR) is 81.5 cm³/mol. The zero-order valence-corrected chi connectivity index (χ0v) is 12.3. The fourth-order valence-corrected chi connectivity index (χ4v) is 2.83. The molecule has 2 atom stereocenters. The molecule has 120 valence electrons. The number of aliphatic carboxylic acids is 1. The number of carboxylic acids is 1. The molecule has 1 fully saturated rings. The van der Waals surface area contributed by atoms with Gasteiger partial charge in [0.05, 0.1) is 0 Å². The Morgan fingerprint density at radius 2 is 2.04 bits per heavy atom. The van der Waals surface area contributed by atoms with Gasteiger partial charge in [-0.15, -0.1) is 0 Å². The number of benzene rings is 1. The normalized spacial score (nSPS) is 21.1. The zero-order chi connectivity index (χ0) is 16.4. The summed E-state index contributed by atoms with van der Waals surface area (Å²) in [6.07, 6.45) is 2.50. The van der Waals surface area contributed by atoms with Gasteiger partial charge in [0.1, 0.15) is 17.9 Å². The van der Waals surface area contributed by atoms with E-state index in [9.17, 15) is 14.7 Å². The molecule has 0 radical (unpaired) electrons. The van der Waals surface area contributed by atoms with Crippen molar-refractivity contribution in [2.24, 2.45) is 0 Å². The number of piperidine rings is 1. The highest BCUT2D eigenvalue weighted by Crippen LogP contribution is 2.25. The Balaban J connectivity index is 1.74. The van der Waals surface area contributed by atoms with Crippen molar-refractivity contribution >= 4 is 22.8 Å². The van der Waals surface area contributed by atoms with Gasteiger partial charge in [-0.3, -0.25) is 9.88 Å². The van der Waals surface area contributed by atoms with E-state index in [4.69, 9.17) is 9.84 Å². The second-order valence-corrected chi connectivity index (χ2v) is 5.48. The fraction of sp³-hybridized carbons (Fsp3) is 0.312. The number of fused-ring (bicyclic) bond motifs is 1. The van der Waals surface area contributed by atoms with E-state index in [0.717, 1.165) is 15.7 Å². The first-order chi connectivity index (χ1) is 11.0.